The summed E-state index contributed by atoms with van der Waals surface area (Å²) in [7, 11) is 1.71. The molecule has 1 aliphatic heterocycles. The molecule has 0 bridgehead atoms. The molecular formula is C6H14N2O. The fourth-order valence-electron chi connectivity index (χ4n) is 1.11. The summed E-state index contributed by atoms with van der Waals surface area (Å²) in [6.45, 7) is 1.93. The molecule has 0 amide bonds. The van der Waals surface area contributed by atoms with Crippen LogP contribution in [0.1, 0.15) is 6.42 Å². The number of nitrogens with one attached hydrogen (secondary N) is 1. The molecule has 9 heavy (non-hydrogen) atoms. The van der Waals surface area contributed by atoms with Crippen molar-refractivity contribution in [1.29, 1.82) is 0 Å². The van der Waals surface area contributed by atoms with Crippen LogP contribution in [0.4, 0.5) is 0 Å². The Labute approximate surface area is 55.6 Å². The SMILES string of the molecule is CO[C@@H]1CNCC[C@@H]1N. The molecule has 0 aromatic rings. The van der Waals surface area contributed by atoms with E-state index >= 15 is 0 Å². The van der Waals surface area contributed by atoms with E-state index in [2.05, 4.69) is 5.32 Å². The fraction of sp³-hybridized carbons (Fsp3) is 1.00. The Bertz CT molecular complexity index is 87.1. The molecule has 1 fully saturated rings. The van der Waals surface area contributed by atoms with Gasteiger partial charge in [-0.1, -0.05) is 0 Å². The average Bonchev–Trinajstić information content (AvgIpc) is 1.89. The second-order valence-corrected chi connectivity index (χ2v) is 2.43. The molecule has 3 heteroatoms. The van der Waals surface area contributed by atoms with E-state index < -0.39 is 0 Å². The lowest BCUT2D eigenvalue weighted by molar-refractivity contribution is 0.0646. The van der Waals surface area contributed by atoms with Gasteiger partial charge in [-0.25, -0.2) is 0 Å². The van der Waals surface area contributed by atoms with Gasteiger partial charge in [-0.2, -0.15) is 0 Å². The van der Waals surface area contributed by atoms with Crippen molar-refractivity contribution in [3.8, 4) is 0 Å². The second kappa shape index (κ2) is 3.15. The van der Waals surface area contributed by atoms with Crippen molar-refractivity contribution in [3.63, 3.8) is 0 Å². The maximum atomic E-state index is 5.72. The third-order valence-electron chi connectivity index (χ3n) is 1.78. The van der Waals surface area contributed by atoms with Gasteiger partial charge in [-0.05, 0) is 13.0 Å². The standard InChI is InChI=1S/C6H14N2O/c1-9-6-4-8-3-2-5(6)7/h5-6,8H,2-4,7H2,1H3/t5-,6+/m0/s1. The molecule has 3 N–H and O–H groups in total. The van der Waals surface area contributed by atoms with Crippen LogP contribution in [0.2, 0.25) is 0 Å². The maximum absolute atomic E-state index is 5.72. The van der Waals surface area contributed by atoms with Crippen LogP contribution in [0, 0.1) is 0 Å². The predicted octanol–water partition coefficient (Wildman–Crippen LogP) is -0.678. The van der Waals surface area contributed by atoms with Crippen LogP contribution in [-0.4, -0.2) is 32.3 Å². The minimum absolute atomic E-state index is 0.221. The van der Waals surface area contributed by atoms with Crippen molar-refractivity contribution in [2.45, 2.75) is 18.6 Å². The minimum Gasteiger partial charge on any atom is -0.379 e. The Hall–Kier alpha value is -0.120. The highest BCUT2D eigenvalue weighted by molar-refractivity contribution is 4.80. The van der Waals surface area contributed by atoms with Crippen LogP contribution in [0.25, 0.3) is 0 Å². The summed E-state index contributed by atoms with van der Waals surface area (Å²) in [5, 5.41) is 3.21. The highest BCUT2D eigenvalue weighted by atomic mass is 16.5. The smallest absolute Gasteiger partial charge is 0.0846 e. The molecule has 1 heterocycles. The molecular weight excluding hydrogens is 116 g/mol. The number of methoxy groups -OCH3 is 1. The van der Waals surface area contributed by atoms with E-state index in [1.807, 2.05) is 0 Å². The van der Waals surface area contributed by atoms with Crippen LogP contribution in [-0.2, 0) is 4.74 Å². The van der Waals surface area contributed by atoms with Gasteiger partial charge in [0.05, 0.1) is 6.10 Å². The number of nitrogens with two attached hydrogens (primary N) is 1. The van der Waals surface area contributed by atoms with E-state index in [1.165, 1.54) is 0 Å². The van der Waals surface area contributed by atoms with Gasteiger partial charge in [0, 0.05) is 19.7 Å². The molecule has 1 aliphatic rings. The van der Waals surface area contributed by atoms with E-state index in [0.29, 0.717) is 0 Å². The van der Waals surface area contributed by atoms with Crippen LogP contribution in [0.15, 0.2) is 0 Å². The van der Waals surface area contributed by atoms with Crippen LogP contribution >= 0.6 is 0 Å². The van der Waals surface area contributed by atoms with Gasteiger partial charge in [-0.15, -0.1) is 0 Å². The van der Waals surface area contributed by atoms with E-state index in [9.17, 15) is 0 Å². The molecule has 0 radical (unpaired) electrons. The zero-order chi connectivity index (χ0) is 6.69. The fourth-order valence-corrected chi connectivity index (χ4v) is 1.11. The Morgan fingerprint density at radius 2 is 2.44 bits per heavy atom. The van der Waals surface area contributed by atoms with Gasteiger partial charge in [0.25, 0.3) is 0 Å². The van der Waals surface area contributed by atoms with Gasteiger partial charge in [0.2, 0.25) is 0 Å². The van der Waals surface area contributed by atoms with Gasteiger partial charge >= 0.3 is 0 Å². The molecule has 54 valence electrons. The summed E-state index contributed by atoms with van der Waals surface area (Å²) in [5.74, 6) is 0. The first-order valence-electron chi connectivity index (χ1n) is 3.33. The first-order valence-corrected chi connectivity index (χ1v) is 3.33. The third-order valence-corrected chi connectivity index (χ3v) is 1.78. The third kappa shape index (κ3) is 1.64. The van der Waals surface area contributed by atoms with E-state index in [1.54, 1.807) is 7.11 Å². The van der Waals surface area contributed by atoms with Crippen LogP contribution in [0.5, 0.6) is 0 Å². The highest BCUT2D eigenvalue weighted by Gasteiger charge is 2.19. The quantitative estimate of drug-likeness (QED) is 0.494. The van der Waals surface area contributed by atoms with E-state index in [-0.39, 0.29) is 12.1 Å². The topological polar surface area (TPSA) is 47.3 Å². The molecule has 2 atom stereocenters. The van der Waals surface area contributed by atoms with E-state index in [4.69, 9.17) is 10.5 Å². The van der Waals surface area contributed by atoms with Crippen LogP contribution in [0.3, 0.4) is 0 Å². The molecule has 0 aromatic carbocycles. The van der Waals surface area contributed by atoms with Crippen molar-refractivity contribution >= 4 is 0 Å². The Morgan fingerprint density at radius 3 is 2.89 bits per heavy atom. The van der Waals surface area contributed by atoms with Gasteiger partial charge in [-0.3, -0.25) is 0 Å². The average molecular weight is 130 g/mol. The monoisotopic (exact) mass is 130 g/mol. The molecule has 1 rings (SSSR count). The lowest BCUT2D eigenvalue weighted by Crippen LogP contribution is -2.49. The molecule has 3 nitrogen and oxygen atoms in total. The summed E-state index contributed by atoms with van der Waals surface area (Å²) in [6, 6.07) is 0.233. The first kappa shape index (κ1) is 6.99. The van der Waals surface area contributed by atoms with Crippen molar-refractivity contribution in [1.82, 2.24) is 5.32 Å². The number of piperidine rings is 1. The first-order chi connectivity index (χ1) is 4.34. The normalized spacial score (nSPS) is 36.7. The lowest BCUT2D eigenvalue weighted by Gasteiger charge is -2.27. The Morgan fingerprint density at radius 1 is 1.67 bits per heavy atom. The maximum Gasteiger partial charge on any atom is 0.0846 e. The van der Waals surface area contributed by atoms with Crippen molar-refractivity contribution in [2.75, 3.05) is 20.2 Å². The summed E-state index contributed by atoms with van der Waals surface area (Å²) >= 11 is 0. The Kier molecular flexibility index (Phi) is 2.45. The number of hydrogen-bond donors (Lipinski definition) is 2. The zero-order valence-corrected chi connectivity index (χ0v) is 5.76. The summed E-state index contributed by atoms with van der Waals surface area (Å²) < 4.78 is 5.12. The number of hydrogen-bond acceptors (Lipinski definition) is 3. The lowest BCUT2D eigenvalue weighted by atomic mass is 10.1. The van der Waals surface area contributed by atoms with Crippen molar-refractivity contribution in [3.05, 3.63) is 0 Å². The zero-order valence-electron chi connectivity index (χ0n) is 5.76. The summed E-state index contributed by atoms with van der Waals surface area (Å²) in [5.41, 5.74) is 5.72. The van der Waals surface area contributed by atoms with Gasteiger partial charge < -0.3 is 15.8 Å². The van der Waals surface area contributed by atoms with E-state index in [0.717, 1.165) is 19.5 Å². The van der Waals surface area contributed by atoms with Gasteiger partial charge in [0.1, 0.15) is 0 Å². The van der Waals surface area contributed by atoms with Gasteiger partial charge in [0.15, 0.2) is 0 Å². The predicted molar refractivity (Wildman–Crippen MR) is 36.3 cm³/mol. The highest BCUT2D eigenvalue weighted by Crippen LogP contribution is 2.02. The largest absolute Gasteiger partial charge is 0.379 e. The summed E-state index contributed by atoms with van der Waals surface area (Å²) in [4.78, 5) is 0. The van der Waals surface area contributed by atoms with Crippen molar-refractivity contribution in [2.24, 2.45) is 5.73 Å². The molecule has 1 saturated heterocycles. The molecule has 0 aliphatic carbocycles. The number of rotatable bonds is 1. The molecule has 0 spiro atoms. The summed E-state index contributed by atoms with van der Waals surface area (Å²) in [6.07, 6.45) is 1.25. The molecule has 0 aromatic heterocycles. The Balaban J connectivity index is 2.30. The molecule has 0 unspecified atom stereocenters. The second-order valence-electron chi connectivity index (χ2n) is 2.43. The molecule has 0 saturated carbocycles. The van der Waals surface area contributed by atoms with Crippen molar-refractivity contribution < 1.29 is 4.74 Å². The minimum atomic E-state index is 0.221. The number of ether oxygens (including phenoxy) is 1. The van der Waals surface area contributed by atoms with Crippen LogP contribution < -0.4 is 11.1 Å².